The Morgan fingerprint density at radius 3 is 2.36 bits per heavy atom. The Morgan fingerprint density at radius 1 is 1.14 bits per heavy atom. The van der Waals surface area contributed by atoms with Gasteiger partial charge in [-0.05, 0) is 25.2 Å². The first-order chi connectivity index (χ1) is 6.76. The van der Waals surface area contributed by atoms with Gasteiger partial charge < -0.3 is 9.84 Å². The van der Waals surface area contributed by atoms with Crippen molar-refractivity contribution in [2.75, 3.05) is 13.7 Å². The molecular formula is C12H26O2. The van der Waals surface area contributed by atoms with Crippen molar-refractivity contribution in [2.45, 2.75) is 58.5 Å². The third kappa shape index (κ3) is 6.39. The van der Waals surface area contributed by atoms with E-state index >= 15 is 0 Å². The van der Waals surface area contributed by atoms with Crippen molar-refractivity contribution < 1.29 is 9.84 Å². The van der Waals surface area contributed by atoms with Gasteiger partial charge in [0.1, 0.15) is 0 Å². The SMILES string of the molecule is CCCCC(CC)C(O)CCCOC. The van der Waals surface area contributed by atoms with Gasteiger partial charge >= 0.3 is 0 Å². The molecule has 86 valence electrons. The van der Waals surface area contributed by atoms with Crippen LogP contribution in [0.3, 0.4) is 0 Å². The van der Waals surface area contributed by atoms with E-state index in [1.54, 1.807) is 7.11 Å². The zero-order valence-electron chi connectivity index (χ0n) is 9.96. The van der Waals surface area contributed by atoms with Crippen LogP contribution >= 0.6 is 0 Å². The van der Waals surface area contributed by atoms with Gasteiger partial charge in [0.2, 0.25) is 0 Å². The molecule has 0 bridgehead atoms. The highest BCUT2D eigenvalue weighted by atomic mass is 16.5. The molecule has 14 heavy (non-hydrogen) atoms. The molecule has 0 radical (unpaired) electrons. The lowest BCUT2D eigenvalue weighted by Gasteiger charge is -2.21. The molecule has 0 spiro atoms. The molecule has 0 aliphatic carbocycles. The third-order valence-corrected chi connectivity index (χ3v) is 2.85. The Balaban J connectivity index is 3.61. The van der Waals surface area contributed by atoms with Crippen LogP contribution in [0.25, 0.3) is 0 Å². The van der Waals surface area contributed by atoms with E-state index in [4.69, 9.17) is 4.74 Å². The normalized spacial score (nSPS) is 15.4. The van der Waals surface area contributed by atoms with Crippen LogP contribution in [0.15, 0.2) is 0 Å². The van der Waals surface area contributed by atoms with Gasteiger partial charge in [-0.1, -0.05) is 33.1 Å². The summed E-state index contributed by atoms with van der Waals surface area (Å²) in [5.74, 6) is 0.492. The monoisotopic (exact) mass is 202 g/mol. The Bertz CT molecular complexity index is 115. The first-order valence-corrected chi connectivity index (χ1v) is 5.93. The van der Waals surface area contributed by atoms with Gasteiger partial charge in [0.15, 0.2) is 0 Å². The quantitative estimate of drug-likeness (QED) is 0.582. The maximum absolute atomic E-state index is 9.91. The molecule has 0 heterocycles. The minimum absolute atomic E-state index is 0.123. The van der Waals surface area contributed by atoms with Crippen LogP contribution in [0.4, 0.5) is 0 Å². The topological polar surface area (TPSA) is 29.5 Å². The molecule has 0 rings (SSSR count). The van der Waals surface area contributed by atoms with Gasteiger partial charge in [0.25, 0.3) is 0 Å². The van der Waals surface area contributed by atoms with Crippen molar-refractivity contribution in [2.24, 2.45) is 5.92 Å². The molecular weight excluding hydrogens is 176 g/mol. The minimum Gasteiger partial charge on any atom is -0.393 e. The van der Waals surface area contributed by atoms with Crippen LogP contribution in [0.5, 0.6) is 0 Å². The van der Waals surface area contributed by atoms with E-state index in [1.807, 2.05) is 0 Å². The fourth-order valence-electron chi connectivity index (χ4n) is 1.81. The van der Waals surface area contributed by atoms with Crippen LogP contribution in [0, 0.1) is 5.92 Å². The lowest BCUT2D eigenvalue weighted by Crippen LogP contribution is -2.20. The third-order valence-electron chi connectivity index (χ3n) is 2.85. The predicted octanol–water partition coefficient (Wildman–Crippen LogP) is 2.99. The first-order valence-electron chi connectivity index (χ1n) is 5.93. The summed E-state index contributed by atoms with van der Waals surface area (Å²) < 4.78 is 4.98. The summed E-state index contributed by atoms with van der Waals surface area (Å²) in [7, 11) is 1.71. The van der Waals surface area contributed by atoms with E-state index in [1.165, 1.54) is 19.3 Å². The average Bonchev–Trinajstić information content (AvgIpc) is 2.19. The van der Waals surface area contributed by atoms with E-state index in [0.717, 1.165) is 25.9 Å². The minimum atomic E-state index is -0.123. The number of unbranched alkanes of at least 4 members (excludes halogenated alkanes) is 1. The zero-order chi connectivity index (χ0) is 10.8. The number of aliphatic hydroxyl groups excluding tert-OH is 1. The highest BCUT2D eigenvalue weighted by molar-refractivity contribution is 4.67. The van der Waals surface area contributed by atoms with Crippen molar-refractivity contribution in [3.8, 4) is 0 Å². The molecule has 2 atom stereocenters. The van der Waals surface area contributed by atoms with Crippen LogP contribution in [-0.4, -0.2) is 24.9 Å². The summed E-state index contributed by atoms with van der Waals surface area (Å²) in [6.45, 7) is 5.13. The number of ether oxygens (including phenoxy) is 1. The maximum Gasteiger partial charge on any atom is 0.0569 e. The second-order valence-corrected chi connectivity index (χ2v) is 4.01. The average molecular weight is 202 g/mol. The number of methoxy groups -OCH3 is 1. The van der Waals surface area contributed by atoms with Crippen LogP contribution < -0.4 is 0 Å². The van der Waals surface area contributed by atoms with Crippen molar-refractivity contribution in [1.82, 2.24) is 0 Å². The number of hydrogen-bond acceptors (Lipinski definition) is 2. The Morgan fingerprint density at radius 2 is 1.86 bits per heavy atom. The molecule has 2 nitrogen and oxygen atoms in total. The molecule has 0 aromatic rings. The molecule has 0 aliphatic heterocycles. The fourth-order valence-corrected chi connectivity index (χ4v) is 1.81. The van der Waals surface area contributed by atoms with Crippen molar-refractivity contribution in [1.29, 1.82) is 0 Å². The predicted molar refractivity (Wildman–Crippen MR) is 60.4 cm³/mol. The standard InChI is InChI=1S/C12H26O2/c1-4-6-8-11(5-2)12(13)9-7-10-14-3/h11-13H,4-10H2,1-3H3. The molecule has 0 amide bonds. The van der Waals surface area contributed by atoms with Gasteiger partial charge in [-0.3, -0.25) is 0 Å². The maximum atomic E-state index is 9.91. The van der Waals surface area contributed by atoms with Gasteiger partial charge in [0, 0.05) is 13.7 Å². The number of aliphatic hydroxyl groups is 1. The molecule has 0 aromatic heterocycles. The second-order valence-electron chi connectivity index (χ2n) is 4.01. The molecule has 0 aromatic carbocycles. The summed E-state index contributed by atoms with van der Waals surface area (Å²) in [6, 6.07) is 0. The summed E-state index contributed by atoms with van der Waals surface area (Å²) in [5, 5.41) is 9.91. The lowest BCUT2D eigenvalue weighted by molar-refractivity contribution is 0.0779. The Labute approximate surface area is 88.7 Å². The Hall–Kier alpha value is -0.0800. The number of hydrogen-bond donors (Lipinski definition) is 1. The fraction of sp³-hybridized carbons (Fsp3) is 1.00. The van der Waals surface area contributed by atoms with Crippen molar-refractivity contribution in [3.05, 3.63) is 0 Å². The molecule has 0 saturated carbocycles. The Kier molecular flexibility index (Phi) is 9.42. The highest BCUT2D eigenvalue weighted by Crippen LogP contribution is 2.19. The van der Waals surface area contributed by atoms with Crippen LogP contribution in [0.2, 0.25) is 0 Å². The molecule has 0 fully saturated rings. The van der Waals surface area contributed by atoms with E-state index in [2.05, 4.69) is 13.8 Å². The number of rotatable bonds is 9. The van der Waals surface area contributed by atoms with E-state index in [9.17, 15) is 5.11 Å². The van der Waals surface area contributed by atoms with Gasteiger partial charge in [-0.2, -0.15) is 0 Å². The van der Waals surface area contributed by atoms with Crippen LogP contribution in [0.1, 0.15) is 52.4 Å². The summed E-state index contributed by atoms with van der Waals surface area (Å²) in [6.07, 6.45) is 6.45. The highest BCUT2D eigenvalue weighted by Gasteiger charge is 2.15. The second kappa shape index (κ2) is 9.47. The largest absolute Gasteiger partial charge is 0.393 e. The van der Waals surface area contributed by atoms with Gasteiger partial charge in [-0.15, -0.1) is 0 Å². The molecule has 2 unspecified atom stereocenters. The molecule has 2 heteroatoms. The van der Waals surface area contributed by atoms with Crippen molar-refractivity contribution >= 4 is 0 Å². The first kappa shape index (κ1) is 13.9. The van der Waals surface area contributed by atoms with Gasteiger partial charge in [0.05, 0.1) is 6.10 Å². The molecule has 1 N–H and O–H groups in total. The lowest BCUT2D eigenvalue weighted by atomic mass is 9.91. The molecule has 0 saturated heterocycles. The van der Waals surface area contributed by atoms with Crippen LogP contribution in [-0.2, 0) is 4.74 Å². The summed E-state index contributed by atoms with van der Waals surface area (Å²) in [5.41, 5.74) is 0. The van der Waals surface area contributed by atoms with E-state index in [0.29, 0.717) is 5.92 Å². The van der Waals surface area contributed by atoms with E-state index in [-0.39, 0.29) is 6.10 Å². The zero-order valence-corrected chi connectivity index (χ0v) is 9.96. The van der Waals surface area contributed by atoms with E-state index < -0.39 is 0 Å². The van der Waals surface area contributed by atoms with Gasteiger partial charge in [-0.25, -0.2) is 0 Å². The molecule has 0 aliphatic rings. The summed E-state index contributed by atoms with van der Waals surface area (Å²) >= 11 is 0. The summed E-state index contributed by atoms with van der Waals surface area (Å²) in [4.78, 5) is 0. The smallest absolute Gasteiger partial charge is 0.0569 e. The van der Waals surface area contributed by atoms with Crippen molar-refractivity contribution in [3.63, 3.8) is 0 Å².